The zero-order chi connectivity index (χ0) is 48.1. The van der Waals surface area contributed by atoms with Crippen LogP contribution in [0.15, 0.2) is 72.9 Å². The van der Waals surface area contributed by atoms with Crippen molar-refractivity contribution < 1.29 is 33.3 Å². The first-order valence-electron chi connectivity index (χ1n) is 23.1. The van der Waals surface area contributed by atoms with Crippen molar-refractivity contribution in [3.05, 3.63) is 106 Å². The number of esters is 2. The number of rotatable bonds is 13. The lowest BCUT2D eigenvalue weighted by Crippen LogP contribution is -2.59. The van der Waals surface area contributed by atoms with Gasteiger partial charge in [0.2, 0.25) is 0 Å². The van der Waals surface area contributed by atoms with E-state index in [9.17, 15) is 14.9 Å². The fourth-order valence-corrected chi connectivity index (χ4v) is 10.4. The van der Waals surface area contributed by atoms with Crippen LogP contribution in [0, 0.1) is 33.5 Å². The number of alkyl halides is 1. The summed E-state index contributed by atoms with van der Waals surface area (Å²) < 4.78 is 33.0. The fourth-order valence-electron chi connectivity index (χ4n) is 10.1. The van der Waals surface area contributed by atoms with Crippen LogP contribution in [0.2, 0.25) is 5.02 Å². The molecule has 0 bridgehead atoms. The summed E-state index contributed by atoms with van der Waals surface area (Å²) in [5.74, 6) is 1.52. The molecule has 3 aromatic carbocycles. The number of piperazine rings is 1. The van der Waals surface area contributed by atoms with Crippen molar-refractivity contribution in [3.63, 3.8) is 0 Å². The summed E-state index contributed by atoms with van der Waals surface area (Å²) in [5, 5.41) is 19.1. The van der Waals surface area contributed by atoms with E-state index in [1.165, 1.54) is 14.2 Å². The standard InChI is InChI=1S/C35H35ClN6O5.C16H16ClN3O2/c1-34(30-9-7-23(36)17-38-30)46-29-5-3-4-25(32(29)47-34)41-15-14-40(27-19-45-20-28(27)41)18-31-39-24-8-6-22(33(43)44-2)16-26(24)42(31)21-35(10-11-35)12-13-37;1-22-15(21)11-2-3-12-13(8-11)20(14(9-17)19-12)10-16(4-5-16)6-7-18/h3-9,16-17,27-28H,10-12,14-15,18-21H2,1-2H3;2-3,8H,4-6,9-10H2,1H3/t27-,28+,34-;/m1./s1. The number of carbonyl (C=O) groups is 2. The molecule has 4 fully saturated rings. The molecule has 0 N–H and O–H groups in total. The number of fused-ring (bicyclic) bond motifs is 4. The number of nitriles is 2. The Balaban J connectivity index is 0.000000210. The van der Waals surface area contributed by atoms with Gasteiger partial charge in [0.05, 0.1) is 108 Å². The van der Waals surface area contributed by atoms with E-state index in [1.54, 1.807) is 36.5 Å². The molecule has 11 rings (SSSR count). The molecule has 0 radical (unpaired) electrons. The smallest absolute Gasteiger partial charge is 0.337 e. The minimum atomic E-state index is -1.08. The third-order valence-corrected chi connectivity index (χ3v) is 14.8. The first-order chi connectivity index (χ1) is 33.4. The Bertz CT molecular complexity index is 3040. The molecule has 16 nitrogen and oxygen atoms in total. The number of anilines is 1. The van der Waals surface area contributed by atoms with Gasteiger partial charge >= 0.3 is 11.9 Å². The summed E-state index contributed by atoms with van der Waals surface area (Å²) in [4.78, 5) is 43.0. The van der Waals surface area contributed by atoms with Gasteiger partial charge in [-0.25, -0.2) is 19.6 Å². The molecule has 6 aromatic rings. The molecule has 2 saturated heterocycles. The molecule has 5 aliphatic rings. The SMILES string of the molecule is COC(=O)c1ccc2nc(CCl)n(CC3(CC#N)CC3)c2c1.COC(=O)c1ccc2nc(CN3CCN(c4cccc5c4O[C@](C)(c4ccc(Cl)cn4)O5)[C@H]4COC[C@H]43)n(CC3(CC#N)CC3)c2c1. The lowest BCUT2D eigenvalue weighted by atomic mass is 10.0. The molecule has 18 heteroatoms. The molecular formula is C51H51Cl2N9O7. The molecule has 69 heavy (non-hydrogen) atoms. The predicted octanol–water partition coefficient (Wildman–Crippen LogP) is 8.55. The maximum absolute atomic E-state index is 12.4. The Hall–Kier alpha value is -6.43. The van der Waals surface area contributed by atoms with Crippen LogP contribution < -0.4 is 14.4 Å². The molecule has 0 spiro atoms. The Morgan fingerprint density at radius 2 is 1.41 bits per heavy atom. The Kier molecular flexibility index (Phi) is 12.4. The third-order valence-electron chi connectivity index (χ3n) is 14.4. The summed E-state index contributed by atoms with van der Waals surface area (Å²) in [7, 11) is 2.75. The number of aromatic nitrogens is 5. The molecule has 2 saturated carbocycles. The largest absolute Gasteiger partial charge is 0.465 e. The van der Waals surface area contributed by atoms with E-state index in [0.717, 1.165) is 78.2 Å². The molecule has 0 unspecified atom stereocenters. The van der Waals surface area contributed by atoms with Crippen molar-refractivity contribution in [2.45, 2.75) is 88.8 Å². The maximum atomic E-state index is 12.4. The Morgan fingerprint density at radius 3 is 1.97 bits per heavy atom. The molecule has 356 valence electrons. The number of ether oxygens (including phenoxy) is 5. The number of halogens is 2. The third kappa shape index (κ3) is 8.91. The van der Waals surface area contributed by atoms with Crippen LogP contribution in [-0.4, -0.2) is 93.5 Å². The lowest BCUT2D eigenvalue weighted by molar-refractivity contribution is -0.0716. The van der Waals surface area contributed by atoms with E-state index in [2.05, 4.69) is 42.5 Å². The van der Waals surface area contributed by atoms with Crippen LogP contribution in [0.25, 0.3) is 22.1 Å². The van der Waals surface area contributed by atoms with Gasteiger partial charge in [0.25, 0.3) is 5.79 Å². The number of imidazole rings is 2. The van der Waals surface area contributed by atoms with E-state index < -0.39 is 5.79 Å². The molecular weight excluding hydrogens is 922 g/mol. The minimum absolute atomic E-state index is 0.0322. The highest BCUT2D eigenvalue weighted by atomic mass is 35.5. The van der Waals surface area contributed by atoms with E-state index in [4.69, 9.17) is 57.1 Å². The van der Waals surface area contributed by atoms with Gasteiger partial charge < -0.3 is 37.7 Å². The highest BCUT2D eigenvalue weighted by Crippen LogP contribution is 2.53. The number of nitrogens with zero attached hydrogens (tertiary/aromatic N) is 9. The Labute approximate surface area is 409 Å². The van der Waals surface area contributed by atoms with Gasteiger partial charge in [-0.1, -0.05) is 17.7 Å². The summed E-state index contributed by atoms with van der Waals surface area (Å²) in [6.45, 7) is 6.62. The first-order valence-corrected chi connectivity index (χ1v) is 24.0. The number of para-hydroxylation sites is 1. The number of carbonyl (C=O) groups excluding carboxylic acids is 2. The fraction of sp³-hybridized carbons (Fsp3) is 0.431. The van der Waals surface area contributed by atoms with Crippen LogP contribution in [0.1, 0.15) is 83.5 Å². The second kappa shape index (κ2) is 18.5. The van der Waals surface area contributed by atoms with Gasteiger partial charge in [0.1, 0.15) is 17.3 Å². The number of pyridine rings is 1. The number of benzene rings is 3. The molecule has 3 atom stereocenters. The van der Waals surface area contributed by atoms with Gasteiger partial charge in [-0.15, -0.1) is 11.6 Å². The van der Waals surface area contributed by atoms with E-state index in [1.807, 2.05) is 41.8 Å². The lowest BCUT2D eigenvalue weighted by Gasteiger charge is -2.44. The van der Waals surface area contributed by atoms with Gasteiger partial charge in [-0.05, 0) is 86.3 Å². The van der Waals surface area contributed by atoms with Crippen molar-refractivity contribution in [2.75, 3.05) is 45.4 Å². The van der Waals surface area contributed by atoms with Crippen molar-refractivity contribution in [1.82, 2.24) is 29.0 Å². The summed E-state index contributed by atoms with van der Waals surface area (Å²) in [6.07, 6.45) is 6.73. The summed E-state index contributed by atoms with van der Waals surface area (Å²) in [5.41, 5.74) is 5.94. The van der Waals surface area contributed by atoms with Crippen LogP contribution in [0.5, 0.6) is 11.5 Å². The van der Waals surface area contributed by atoms with Crippen molar-refractivity contribution in [2.24, 2.45) is 10.8 Å². The van der Waals surface area contributed by atoms with Crippen LogP contribution in [0.3, 0.4) is 0 Å². The maximum Gasteiger partial charge on any atom is 0.337 e. The quantitative estimate of drug-likeness (QED) is 0.0793. The average Bonchev–Trinajstić information content (AvgIpc) is 4.05. The zero-order valence-corrected chi connectivity index (χ0v) is 40.1. The zero-order valence-electron chi connectivity index (χ0n) is 38.6. The van der Waals surface area contributed by atoms with Gasteiger partial charge in [-0.2, -0.15) is 10.5 Å². The van der Waals surface area contributed by atoms with Crippen molar-refractivity contribution >= 4 is 62.9 Å². The summed E-state index contributed by atoms with van der Waals surface area (Å²) >= 11 is 12.1. The van der Waals surface area contributed by atoms with Crippen molar-refractivity contribution in [3.8, 4) is 23.6 Å². The highest BCUT2D eigenvalue weighted by Gasteiger charge is 2.48. The monoisotopic (exact) mass is 971 g/mol. The molecule has 0 amide bonds. The Morgan fingerprint density at radius 1 is 0.797 bits per heavy atom. The highest BCUT2D eigenvalue weighted by molar-refractivity contribution is 6.30. The summed E-state index contributed by atoms with van der Waals surface area (Å²) in [6, 6.07) is 25.3. The molecule has 3 aromatic heterocycles. The average molecular weight is 973 g/mol. The van der Waals surface area contributed by atoms with Crippen LogP contribution in [0.4, 0.5) is 5.69 Å². The van der Waals surface area contributed by atoms with Gasteiger partial charge in [0, 0.05) is 63.0 Å². The second-order valence-corrected chi connectivity index (χ2v) is 19.6. The molecule has 2 aliphatic carbocycles. The van der Waals surface area contributed by atoms with Crippen LogP contribution >= 0.6 is 23.2 Å². The van der Waals surface area contributed by atoms with Gasteiger partial charge in [0.15, 0.2) is 11.5 Å². The first kappa shape index (κ1) is 46.3. The minimum Gasteiger partial charge on any atom is -0.465 e. The second-order valence-electron chi connectivity index (χ2n) is 18.9. The normalized spacial score (nSPS) is 21.5. The number of hydrogen-bond donors (Lipinski definition) is 0. The number of methoxy groups -OCH3 is 2. The van der Waals surface area contributed by atoms with Gasteiger partial charge in [-0.3, -0.25) is 9.88 Å². The van der Waals surface area contributed by atoms with Crippen LogP contribution in [-0.2, 0) is 45.5 Å². The van der Waals surface area contributed by atoms with Crippen molar-refractivity contribution in [1.29, 1.82) is 10.5 Å². The number of hydrogen-bond acceptors (Lipinski definition) is 14. The topological polar surface area (TPSA) is 183 Å². The van der Waals surface area contributed by atoms with E-state index in [-0.39, 0.29) is 34.9 Å². The predicted molar refractivity (Wildman–Crippen MR) is 256 cm³/mol. The van der Waals surface area contributed by atoms with E-state index >= 15 is 0 Å². The molecule has 3 aliphatic heterocycles. The molecule has 6 heterocycles. The van der Waals surface area contributed by atoms with E-state index in [0.29, 0.717) is 84.9 Å².